The molecule has 2 fully saturated rings. The van der Waals surface area contributed by atoms with E-state index in [-0.39, 0.29) is 10.6 Å². The Morgan fingerprint density at radius 1 is 1.42 bits per heavy atom. The molecule has 0 saturated carbocycles. The van der Waals surface area contributed by atoms with Gasteiger partial charge in [0.05, 0.1) is 4.92 Å². The largest absolute Gasteiger partial charge is 0.377 e. The van der Waals surface area contributed by atoms with Gasteiger partial charge in [-0.2, -0.15) is 0 Å². The summed E-state index contributed by atoms with van der Waals surface area (Å²) in [5, 5.41) is 14.3. The number of rotatable bonds is 3. The zero-order chi connectivity index (χ0) is 13.2. The molecule has 0 aromatic carbocycles. The summed E-state index contributed by atoms with van der Waals surface area (Å²) in [5.41, 5.74) is 0.660. The van der Waals surface area contributed by atoms with Crippen LogP contribution in [0.25, 0.3) is 0 Å². The van der Waals surface area contributed by atoms with Crippen LogP contribution < -0.4 is 5.32 Å². The minimum absolute atomic E-state index is 0.0661. The number of nitrogens with one attached hydrogen (secondary N) is 1. The van der Waals surface area contributed by atoms with Crippen LogP contribution in [0.1, 0.15) is 25.7 Å². The van der Waals surface area contributed by atoms with Gasteiger partial charge in [0.2, 0.25) is 0 Å². The molecule has 6 nitrogen and oxygen atoms in total. The molecule has 19 heavy (non-hydrogen) atoms. The molecule has 3 heterocycles. The van der Waals surface area contributed by atoms with Crippen molar-refractivity contribution in [1.82, 2.24) is 9.88 Å². The van der Waals surface area contributed by atoms with E-state index in [4.69, 9.17) is 0 Å². The van der Waals surface area contributed by atoms with Crippen molar-refractivity contribution < 1.29 is 4.92 Å². The number of pyridine rings is 1. The van der Waals surface area contributed by atoms with Crippen LogP contribution in [0, 0.1) is 10.1 Å². The summed E-state index contributed by atoms with van der Waals surface area (Å²) in [7, 11) is 0. The lowest BCUT2D eigenvalue weighted by molar-refractivity contribution is -0.384. The molecular formula is C13H18N4O2. The molecule has 2 atom stereocenters. The SMILES string of the molecule is O=[N+]([O-])c1cnccc1NC1CCN2CCCC2C1. The molecule has 1 aromatic heterocycles. The summed E-state index contributed by atoms with van der Waals surface area (Å²) in [5.74, 6) is 0. The minimum Gasteiger partial charge on any atom is -0.377 e. The summed E-state index contributed by atoms with van der Waals surface area (Å²) in [4.78, 5) is 17.0. The number of fused-ring (bicyclic) bond motifs is 1. The van der Waals surface area contributed by atoms with Crippen LogP contribution in [-0.4, -0.2) is 40.0 Å². The number of aromatic nitrogens is 1. The first-order valence-corrected chi connectivity index (χ1v) is 6.83. The summed E-state index contributed by atoms with van der Waals surface area (Å²) >= 11 is 0. The normalized spacial score (nSPS) is 26.9. The maximum atomic E-state index is 11.0. The summed E-state index contributed by atoms with van der Waals surface area (Å²) in [6, 6.07) is 2.69. The second-order valence-electron chi connectivity index (χ2n) is 5.35. The Bertz CT molecular complexity index is 479. The van der Waals surface area contributed by atoms with Crippen molar-refractivity contribution in [3.63, 3.8) is 0 Å². The Labute approximate surface area is 112 Å². The van der Waals surface area contributed by atoms with E-state index in [9.17, 15) is 10.1 Å². The minimum atomic E-state index is -0.375. The molecule has 6 heteroatoms. The number of nitrogens with zero attached hydrogens (tertiary/aromatic N) is 3. The lowest BCUT2D eigenvalue weighted by atomic mass is 9.97. The van der Waals surface area contributed by atoms with E-state index in [0.717, 1.165) is 19.4 Å². The fourth-order valence-corrected chi connectivity index (χ4v) is 3.23. The number of piperidine rings is 1. The second-order valence-corrected chi connectivity index (χ2v) is 5.35. The van der Waals surface area contributed by atoms with Crippen molar-refractivity contribution in [2.45, 2.75) is 37.8 Å². The molecule has 1 N–H and O–H groups in total. The quantitative estimate of drug-likeness (QED) is 0.666. The molecule has 102 valence electrons. The van der Waals surface area contributed by atoms with E-state index in [1.54, 1.807) is 12.3 Å². The highest BCUT2D eigenvalue weighted by molar-refractivity contribution is 5.60. The van der Waals surface area contributed by atoms with Gasteiger partial charge in [-0.1, -0.05) is 0 Å². The van der Waals surface area contributed by atoms with Gasteiger partial charge in [-0.25, -0.2) is 0 Å². The van der Waals surface area contributed by atoms with Crippen LogP contribution in [-0.2, 0) is 0 Å². The number of nitro groups is 1. The average molecular weight is 262 g/mol. The number of hydrogen-bond acceptors (Lipinski definition) is 5. The smallest absolute Gasteiger partial charge is 0.310 e. The molecule has 1 aromatic rings. The molecule has 0 spiro atoms. The van der Waals surface area contributed by atoms with E-state index in [2.05, 4.69) is 15.2 Å². The molecule has 0 radical (unpaired) electrons. The van der Waals surface area contributed by atoms with Crippen LogP contribution in [0.15, 0.2) is 18.5 Å². The first-order chi connectivity index (χ1) is 9.24. The topological polar surface area (TPSA) is 71.3 Å². The molecule has 2 unspecified atom stereocenters. The third-order valence-electron chi connectivity index (χ3n) is 4.18. The number of hydrogen-bond donors (Lipinski definition) is 1. The summed E-state index contributed by atoms with van der Waals surface area (Å²) < 4.78 is 0. The predicted octanol–water partition coefficient (Wildman–Crippen LogP) is 2.03. The summed E-state index contributed by atoms with van der Waals surface area (Å²) in [6.45, 7) is 2.31. The van der Waals surface area contributed by atoms with Crippen LogP contribution in [0.4, 0.5) is 11.4 Å². The fraction of sp³-hybridized carbons (Fsp3) is 0.615. The van der Waals surface area contributed by atoms with E-state index in [1.807, 2.05) is 0 Å². The first-order valence-electron chi connectivity index (χ1n) is 6.83. The molecular weight excluding hydrogens is 244 g/mol. The predicted molar refractivity (Wildman–Crippen MR) is 72.1 cm³/mol. The highest BCUT2D eigenvalue weighted by Crippen LogP contribution is 2.30. The van der Waals surface area contributed by atoms with Gasteiger partial charge < -0.3 is 10.2 Å². The van der Waals surface area contributed by atoms with Gasteiger partial charge in [0, 0.05) is 24.8 Å². The van der Waals surface area contributed by atoms with Crippen LogP contribution in [0.5, 0.6) is 0 Å². The van der Waals surface area contributed by atoms with Crippen LogP contribution >= 0.6 is 0 Å². The Balaban J connectivity index is 1.70. The van der Waals surface area contributed by atoms with Crippen molar-refractivity contribution >= 4 is 11.4 Å². The van der Waals surface area contributed by atoms with E-state index >= 15 is 0 Å². The van der Waals surface area contributed by atoms with Crippen LogP contribution in [0.2, 0.25) is 0 Å². The number of anilines is 1. The molecule has 3 rings (SSSR count). The van der Waals surface area contributed by atoms with Crippen molar-refractivity contribution in [3.05, 3.63) is 28.6 Å². The van der Waals surface area contributed by atoms with E-state index in [1.165, 1.54) is 25.6 Å². The Morgan fingerprint density at radius 3 is 3.16 bits per heavy atom. The Hall–Kier alpha value is -1.69. The highest BCUT2D eigenvalue weighted by atomic mass is 16.6. The third kappa shape index (κ3) is 2.53. The maximum Gasteiger partial charge on any atom is 0.310 e. The monoisotopic (exact) mass is 262 g/mol. The van der Waals surface area contributed by atoms with Crippen molar-refractivity contribution in [3.8, 4) is 0 Å². The zero-order valence-corrected chi connectivity index (χ0v) is 10.8. The first kappa shape index (κ1) is 12.3. The molecule has 0 bridgehead atoms. The van der Waals surface area contributed by atoms with Crippen molar-refractivity contribution in [2.75, 3.05) is 18.4 Å². The molecule has 2 saturated heterocycles. The van der Waals surface area contributed by atoms with Gasteiger partial charge in [0.1, 0.15) is 11.9 Å². The lowest BCUT2D eigenvalue weighted by Crippen LogP contribution is -2.42. The van der Waals surface area contributed by atoms with Crippen molar-refractivity contribution in [2.24, 2.45) is 0 Å². The van der Waals surface area contributed by atoms with Gasteiger partial charge in [-0.15, -0.1) is 0 Å². The van der Waals surface area contributed by atoms with Crippen LogP contribution in [0.3, 0.4) is 0 Å². The van der Waals surface area contributed by atoms with Crippen molar-refractivity contribution in [1.29, 1.82) is 0 Å². The van der Waals surface area contributed by atoms with Gasteiger partial charge in [0.25, 0.3) is 0 Å². The standard InChI is InChI=1S/C13H18N4O2/c18-17(19)13-9-14-5-3-12(13)15-10-4-7-16-6-1-2-11(16)8-10/h3,5,9-11H,1-2,4,6-8H2,(H,14,15). The fourth-order valence-electron chi connectivity index (χ4n) is 3.23. The van der Waals surface area contributed by atoms with Gasteiger partial charge >= 0.3 is 5.69 Å². The Morgan fingerprint density at radius 2 is 2.32 bits per heavy atom. The highest BCUT2D eigenvalue weighted by Gasteiger charge is 2.32. The zero-order valence-electron chi connectivity index (χ0n) is 10.8. The molecule has 2 aliphatic rings. The lowest BCUT2D eigenvalue weighted by Gasteiger charge is -2.35. The molecule has 2 aliphatic heterocycles. The van der Waals surface area contributed by atoms with Gasteiger partial charge in [0.15, 0.2) is 0 Å². The maximum absolute atomic E-state index is 11.0. The summed E-state index contributed by atoms with van der Waals surface area (Å²) in [6.07, 6.45) is 7.59. The van der Waals surface area contributed by atoms with E-state index in [0.29, 0.717) is 17.8 Å². The Kier molecular flexibility index (Phi) is 3.33. The second kappa shape index (κ2) is 5.13. The van der Waals surface area contributed by atoms with E-state index < -0.39 is 0 Å². The molecule has 0 amide bonds. The third-order valence-corrected chi connectivity index (χ3v) is 4.18. The van der Waals surface area contributed by atoms with Gasteiger partial charge in [-0.3, -0.25) is 15.1 Å². The molecule has 0 aliphatic carbocycles. The average Bonchev–Trinajstić information content (AvgIpc) is 2.86. The van der Waals surface area contributed by atoms with Gasteiger partial charge in [-0.05, 0) is 38.3 Å².